The van der Waals surface area contributed by atoms with Crippen LogP contribution in [0.4, 0.5) is 0 Å². The number of hydrogen-bond donors (Lipinski definition) is 1. The SMILES string of the molecule is CCC1CCC(N(CC)CCC(=O)O)CC1. The lowest BCUT2D eigenvalue weighted by Gasteiger charge is -2.36. The fourth-order valence-corrected chi connectivity index (χ4v) is 2.76. The number of carbonyl (C=O) groups is 1. The predicted molar refractivity (Wildman–Crippen MR) is 65.5 cm³/mol. The molecule has 0 unspecified atom stereocenters. The third kappa shape index (κ3) is 4.12. The maximum Gasteiger partial charge on any atom is 0.304 e. The minimum atomic E-state index is -0.680. The molecule has 1 fully saturated rings. The number of hydrogen-bond acceptors (Lipinski definition) is 2. The first kappa shape index (κ1) is 13.5. The van der Waals surface area contributed by atoms with E-state index in [-0.39, 0.29) is 6.42 Å². The van der Waals surface area contributed by atoms with Crippen LogP contribution < -0.4 is 0 Å². The van der Waals surface area contributed by atoms with Crippen LogP contribution in [0.25, 0.3) is 0 Å². The van der Waals surface area contributed by atoms with E-state index < -0.39 is 5.97 Å². The van der Waals surface area contributed by atoms with Gasteiger partial charge in [-0.3, -0.25) is 4.79 Å². The van der Waals surface area contributed by atoms with Gasteiger partial charge < -0.3 is 10.0 Å². The Kier molecular flexibility index (Phi) is 5.81. The first-order valence-electron chi connectivity index (χ1n) is 6.63. The first-order chi connectivity index (χ1) is 7.67. The summed E-state index contributed by atoms with van der Waals surface area (Å²) in [5.41, 5.74) is 0. The molecule has 1 aliphatic carbocycles. The number of nitrogens with zero attached hydrogens (tertiary/aromatic N) is 1. The molecule has 0 saturated heterocycles. The van der Waals surface area contributed by atoms with Crippen LogP contribution in [0.5, 0.6) is 0 Å². The maximum atomic E-state index is 10.6. The number of rotatable bonds is 6. The summed E-state index contributed by atoms with van der Waals surface area (Å²) in [6, 6.07) is 0.632. The van der Waals surface area contributed by atoms with Gasteiger partial charge in [0.25, 0.3) is 0 Å². The molecule has 1 saturated carbocycles. The van der Waals surface area contributed by atoms with E-state index >= 15 is 0 Å². The zero-order valence-electron chi connectivity index (χ0n) is 10.6. The van der Waals surface area contributed by atoms with E-state index in [1.165, 1.54) is 32.1 Å². The van der Waals surface area contributed by atoms with Crippen LogP contribution in [0.1, 0.15) is 52.4 Å². The van der Waals surface area contributed by atoms with Crippen molar-refractivity contribution in [1.82, 2.24) is 4.90 Å². The van der Waals surface area contributed by atoms with Gasteiger partial charge in [-0.25, -0.2) is 0 Å². The Labute approximate surface area is 98.8 Å². The second kappa shape index (κ2) is 6.89. The lowest BCUT2D eigenvalue weighted by Crippen LogP contribution is -2.39. The van der Waals surface area contributed by atoms with E-state index in [1.54, 1.807) is 0 Å². The van der Waals surface area contributed by atoms with Gasteiger partial charge in [0.05, 0.1) is 6.42 Å². The Morgan fingerprint density at radius 3 is 2.31 bits per heavy atom. The van der Waals surface area contributed by atoms with E-state index in [0.717, 1.165) is 12.5 Å². The fraction of sp³-hybridized carbons (Fsp3) is 0.923. The second-order valence-electron chi connectivity index (χ2n) is 4.86. The van der Waals surface area contributed by atoms with Gasteiger partial charge in [-0.15, -0.1) is 0 Å². The topological polar surface area (TPSA) is 40.5 Å². The van der Waals surface area contributed by atoms with Crippen LogP contribution in [0.15, 0.2) is 0 Å². The van der Waals surface area contributed by atoms with Gasteiger partial charge in [0.15, 0.2) is 0 Å². The molecular formula is C13H25NO2. The number of carboxylic acids is 1. The monoisotopic (exact) mass is 227 g/mol. The van der Waals surface area contributed by atoms with Gasteiger partial charge in [0.1, 0.15) is 0 Å². The van der Waals surface area contributed by atoms with Gasteiger partial charge in [-0.2, -0.15) is 0 Å². The quantitative estimate of drug-likeness (QED) is 0.758. The van der Waals surface area contributed by atoms with E-state index in [1.807, 2.05) is 0 Å². The highest BCUT2D eigenvalue weighted by molar-refractivity contribution is 5.66. The Bertz CT molecular complexity index is 210. The fourth-order valence-electron chi connectivity index (χ4n) is 2.76. The smallest absolute Gasteiger partial charge is 0.304 e. The summed E-state index contributed by atoms with van der Waals surface area (Å²) >= 11 is 0. The standard InChI is InChI=1S/C13H25NO2/c1-3-11-5-7-12(8-6-11)14(4-2)10-9-13(15)16/h11-12H,3-10H2,1-2H3,(H,15,16). The van der Waals surface area contributed by atoms with Crippen LogP contribution in [0.2, 0.25) is 0 Å². The van der Waals surface area contributed by atoms with Crippen molar-refractivity contribution in [3.05, 3.63) is 0 Å². The molecule has 16 heavy (non-hydrogen) atoms. The number of carboxylic acid groups (broad SMARTS) is 1. The van der Waals surface area contributed by atoms with Crippen LogP contribution in [-0.2, 0) is 4.79 Å². The molecule has 0 amide bonds. The van der Waals surface area contributed by atoms with Gasteiger partial charge >= 0.3 is 5.97 Å². The minimum Gasteiger partial charge on any atom is -0.481 e. The lowest BCUT2D eigenvalue weighted by molar-refractivity contribution is -0.137. The zero-order chi connectivity index (χ0) is 12.0. The molecule has 0 aromatic heterocycles. The van der Waals surface area contributed by atoms with Crippen molar-refractivity contribution in [1.29, 1.82) is 0 Å². The third-order valence-corrected chi connectivity index (χ3v) is 3.93. The Balaban J connectivity index is 2.33. The van der Waals surface area contributed by atoms with Crippen LogP contribution >= 0.6 is 0 Å². The summed E-state index contributed by atoms with van der Waals surface area (Å²) in [5.74, 6) is 0.232. The molecule has 94 valence electrons. The van der Waals surface area contributed by atoms with E-state index in [0.29, 0.717) is 12.6 Å². The first-order valence-corrected chi connectivity index (χ1v) is 6.63. The molecule has 1 rings (SSSR count). The second-order valence-corrected chi connectivity index (χ2v) is 4.86. The minimum absolute atomic E-state index is 0.279. The summed E-state index contributed by atoms with van der Waals surface area (Å²) < 4.78 is 0. The molecule has 0 aromatic rings. The maximum absolute atomic E-state index is 10.6. The summed E-state index contributed by atoms with van der Waals surface area (Å²) in [4.78, 5) is 12.9. The van der Waals surface area contributed by atoms with Crippen LogP contribution in [0.3, 0.4) is 0 Å². The lowest BCUT2D eigenvalue weighted by atomic mass is 9.84. The number of aliphatic carboxylic acids is 1. The Hall–Kier alpha value is -0.570. The molecule has 0 spiro atoms. The molecule has 0 radical (unpaired) electrons. The molecule has 1 aliphatic rings. The molecular weight excluding hydrogens is 202 g/mol. The zero-order valence-corrected chi connectivity index (χ0v) is 10.6. The molecule has 3 nitrogen and oxygen atoms in total. The normalized spacial score (nSPS) is 25.9. The van der Waals surface area contributed by atoms with Gasteiger partial charge in [0.2, 0.25) is 0 Å². The van der Waals surface area contributed by atoms with Crippen molar-refractivity contribution < 1.29 is 9.90 Å². The average molecular weight is 227 g/mol. The molecule has 0 bridgehead atoms. The highest BCUT2D eigenvalue weighted by Gasteiger charge is 2.24. The third-order valence-electron chi connectivity index (χ3n) is 3.93. The molecule has 3 heteroatoms. The largest absolute Gasteiger partial charge is 0.481 e. The molecule has 0 aliphatic heterocycles. The summed E-state index contributed by atoms with van der Waals surface area (Å²) in [5, 5.41) is 8.71. The van der Waals surface area contributed by atoms with Crippen molar-refractivity contribution >= 4 is 5.97 Å². The highest BCUT2D eigenvalue weighted by atomic mass is 16.4. The summed E-state index contributed by atoms with van der Waals surface area (Å²) in [6.07, 6.45) is 6.74. The summed E-state index contributed by atoms with van der Waals surface area (Å²) in [6.45, 7) is 6.10. The van der Waals surface area contributed by atoms with Crippen molar-refractivity contribution in [3.8, 4) is 0 Å². The van der Waals surface area contributed by atoms with E-state index in [2.05, 4.69) is 18.7 Å². The molecule has 0 aromatic carbocycles. The molecule has 0 atom stereocenters. The molecule has 0 heterocycles. The van der Waals surface area contributed by atoms with E-state index in [4.69, 9.17) is 5.11 Å². The molecule has 1 N–H and O–H groups in total. The van der Waals surface area contributed by atoms with Gasteiger partial charge in [-0.05, 0) is 38.1 Å². The van der Waals surface area contributed by atoms with E-state index in [9.17, 15) is 4.79 Å². The average Bonchev–Trinajstić information content (AvgIpc) is 2.30. The Morgan fingerprint density at radius 2 is 1.88 bits per heavy atom. The predicted octanol–water partition coefficient (Wildman–Crippen LogP) is 2.75. The van der Waals surface area contributed by atoms with Crippen LogP contribution in [-0.4, -0.2) is 35.1 Å². The van der Waals surface area contributed by atoms with Gasteiger partial charge in [-0.1, -0.05) is 20.3 Å². The summed E-state index contributed by atoms with van der Waals surface area (Å²) in [7, 11) is 0. The van der Waals surface area contributed by atoms with Gasteiger partial charge in [0, 0.05) is 12.6 Å². The van der Waals surface area contributed by atoms with Crippen LogP contribution in [0, 0.1) is 5.92 Å². The van der Waals surface area contributed by atoms with Crippen molar-refractivity contribution in [2.24, 2.45) is 5.92 Å². The van der Waals surface area contributed by atoms with Crippen molar-refractivity contribution in [2.45, 2.75) is 58.4 Å². The van der Waals surface area contributed by atoms with Crippen molar-refractivity contribution in [2.75, 3.05) is 13.1 Å². The highest BCUT2D eigenvalue weighted by Crippen LogP contribution is 2.29. The van der Waals surface area contributed by atoms with Crippen molar-refractivity contribution in [3.63, 3.8) is 0 Å². The Morgan fingerprint density at radius 1 is 1.25 bits per heavy atom.